The molecule has 1 aliphatic heterocycles. The summed E-state index contributed by atoms with van der Waals surface area (Å²) >= 11 is 5.31. The number of thiocarbonyl (C=S) groups is 1. The van der Waals surface area contributed by atoms with Gasteiger partial charge in [-0.3, -0.25) is 14.5 Å². The largest absolute Gasteiger partial charge is 0.391 e. The molecule has 4 nitrogen and oxygen atoms in total. The molecule has 1 aliphatic carbocycles. The molecule has 5 heteroatoms. The standard InChI is InChI=1S/C16H26N2O2S/c1-15(2)10-12(19)18(13(20)11-15)16(14(17)21)8-6-4-3-5-7-9-16/h3-11H2,1-2H3,(H2,17,21). The maximum Gasteiger partial charge on any atom is 0.230 e. The van der Waals surface area contributed by atoms with Gasteiger partial charge in [0.2, 0.25) is 11.8 Å². The van der Waals surface area contributed by atoms with E-state index in [1.54, 1.807) is 0 Å². The molecule has 2 amide bonds. The Bertz CT molecular complexity index is 431. The van der Waals surface area contributed by atoms with Crippen LogP contribution in [0.25, 0.3) is 0 Å². The molecule has 0 bridgehead atoms. The second-order valence-electron chi connectivity index (χ2n) is 7.30. The highest BCUT2D eigenvalue weighted by Crippen LogP contribution is 2.39. The molecule has 2 rings (SSSR count). The number of amides is 2. The normalized spacial score (nSPS) is 26.1. The molecular formula is C16H26N2O2S. The lowest BCUT2D eigenvalue weighted by Crippen LogP contribution is -2.64. The molecule has 1 saturated carbocycles. The van der Waals surface area contributed by atoms with Crippen LogP contribution in [0.1, 0.15) is 71.6 Å². The monoisotopic (exact) mass is 310 g/mol. The van der Waals surface area contributed by atoms with Crippen molar-refractivity contribution < 1.29 is 9.59 Å². The first-order valence-corrected chi connectivity index (χ1v) is 8.35. The Morgan fingerprint density at radius 1 is 1.00 bits per heavy atom. The van der Waals surface area contributed by atoms with Crippen molar-refractivity contribution in [1.29, 1.82) is 0 Å². The van der Waals surface area contributed by atoms with E-state index >= 15 is 0 Å². The predicted molar refractivity (Wildman–Crippen MR) is 86.7 cm³/mol. The molecule has 0 aromatic carbocycles. The van der Waals surface area contributed by atoms with E-state index in [9.17, 15) is 9.59 Å². The fourth-order valence-corrected chi connectivity index (χ4v) is 4.02. The van der Waals surface area contributed by atoms with Crippen LogP contribution in [-0.2, 0) is 9.59 Å². The molecule has 118 valence electrons. The molecule has 0 radical (unpaired) electrons. The number of hydrogen-bond acceptors (Lipinski definition) is 3. The summed E-state index contributed by atoms with van der Waals surface area (Å²) in [5.74, 6) is -0.214. The van der Waals surface area contributed by atoms with Gasteiger partial charge in [0.1, 0.15) is 5.54 Å². The van der Waals surface area contributed by atoms with Crippen molar-refractivity contribution in [2.75, 3.05) is 0 Å². The number of nitrogens with two attached hydrogens (primary N) is 1. The van der Waals surface area contributed by atoms with Crippen molar-refractivity contribution in [1.82, 2.24) is 4.90 Å². The van der Waals surface area contributed by atoms with E-state index in [2.05, 4.69) is 0 Å². The van der Waals surface area contributed by atoms with E-state index in [0.717, 1.165) is 38.5 Å². The third kappa shape index (κ3) is 3.28. The molecule has 0 spiro atoms. The minimum absolute atomic E-state index is 0.107. The van der Waals surface area contributed by atoms with Gasteiger partial charge in [0.25, 0.3) is 0 Å². The SMILES string of the molecule is CC1(C)CC(=O)N(C2(C(N)=S)CCCCCCC2)C(=O)C1. The van der Waals surface area contributed by atoms with E-state index < -0.39 is 5.54 Å². The molecule has 1 saturated heterocycles. The van der Waals surface area contributed by atoms with Crippen LogP contribution in [-0.4, -0.2) is 27.2 Å². The lowest BCUT2D eigenvalue weighted by molar-refractivity contribution is -0.158. The minimum atomic E-state index is -0.722. The highest BCUT2D eigenvalue weighted by Gasteiger charge is 2.49. The Kier molecular flexibility index (Phi) is 4.71. The highest BCUT2D eigenvalue weighted by atomic mass is 32.1. The molecule has 2 N–H and O–H groups in total. The average Bonchev–Trinajstić information content (AvgIpc) is 2.28. The average molecular weight is 310 g/mol. The Hall–Kier alpha value is -0.970. The summed E-state index contributed by atoms with van der Waals surface area (Å²) in [7, 11) is 0. The van der Waals surface area contributed by atoms with Crippen LogP contribution in [0, 0.1) is 5.41 Å². The van der Waals surface area contributed by atoms with Crippen molar-refractivity contribution in [3.8, 4) is 0 Å². The molecule has 0 atom stereocenters. The van der Waals surface area contributed by atoms with Gasteiger partial charge in [-0.1, -0.05) is 58.2 Å². The van der Waals surface area contributed by atoms with Crippen LogP contribution in [0.15, 0.2) is 0 Å². The summed E-state index contributed by atoms with van der Waals surface area (Å²) < 4.78 is 0. The van der Waals surface area contributed by atoms with Crippen molar-refractivity contribution >= 4 is 29.0 Å². The maximum absolute atomic E-state index is 12.6. The van der Waals surface area contributed by atoms with Gasteiger partial charge in [-0.25, -0.2) is 0 Å². The lowest BCUT2D eigenvalue weighted by Gasteiger charge is -2.47. The van der Waals surface area contributed by atoms with Gasteiger partial charge in [-0.15, -0.1) is 0 Å². The second-order valence-corrected chi connectivity index (χ2v) is 7.74. The molecule has 0 unspecified atom stereocenters. The smallest absolute Gasteiger partial charge is 0.230 e. The Labute approximate surface area is 132 Å². The fourth-order valence-electron chi connectivity index (χ4n) is 3.73. The van der Waals surface area contributed by atoms with Crippen LogP contribution < -0.4 is 5.73 Å². The summed E-state index contributed by atoms with van der Waals surface area (Å²) in [5.41, 5.74) is 5.05. The summed E-state index contributed by atoms with van der Waals surface area (Å²) in [5, 5.41) is 0. The van der Waals surface area contributed by atoms with E-state index in [4.69, 9.17) is 18.0 Å². The number of likely N-dealkylation sites (tertiary alicyclic amines) is 1. The molecule has 2 fully saturated rings. The van der Waals surface area contributed by atoms with Gasteiger partial charge in [-0.2, -0.15) is 0 Å². The molecule has 0 aromatic heterocycles. The third-order valence-electron chi connectivity index (χ3n) is 4.83. The molecule has 0 aromatic rings. The zero-order valence-electron chi connectivity index (χ0n) is 13.1. The quantitative estimate of drug-likeness (QED) is 0.629. The zero-order chi connectivity index (χ0) is 15.7. The topological polar surface area (TPSA) is 63.4 Å². The fraction of sp³-hybridized carbons (Fsp3) is 0.812. The van der Waals surface area contributed by atoms with E-state index in [1.165, 1.54) is 11.3 Å². The van der Waals surface area contributed by atoms with E-state index in [1.807, 2.05) is 13.8 Å². The van der Waals surface area contributed by atoms with Gasteiger partial charge in [0.05, 0.1) is 4.99 Å². The Morgan fingerprint density at radius 3 is 1.86 bits per heavy atom. The summed E-state index contributed by atoms with van der Waals surface area (Å²) in [6, 6.07) is 0. The van der Waals surface area contributed by atoms with Crippen molar-refractivity contribution in [2.24, 2.45) is 11.1 Å². The van der Waals surface area contributed by atoms with Crippen molar-refractivity contribution in [3.05, 3.63) is 0 Å². The Balaban J connectivity index is 2.34. The number of carbonyl (C=O) groups is 2. The molecule has 21 heavy (non-hydrogen) atoms. The van der Waals surface area contributed by atoms with Gasteiger partial charge < -0.3 is 5.73 Å². The van der Waals surface area contributed by atoms with Gasteiger partial charge in [0, 0.05) is 12.8 Å². The minimum Gasteiger partial charge on any atom is -0.391 e. The van der Waals surface area contributed by atoms with Crippen LogP contribution in [0.4, 0.5) is 0 Å². The van der Waals surface area contributed by atoms with Crippen molar-refractivity contribution in [3.63, 3.8) is 0 Å². The van der Waals surface area contributed by atoms with Crippen molar-refractivity contribution in [2.45, 2.75) is 77.2 Å². The van der Waals surface area contributed by atoms with Gasteiger partial charge in [0.15, 0.2) is 0 Å². The number of piperidine rings is 1. The van der Waals surface area contributed by atoms with Crippen LogP contribution in [0.2, 0.25) is 0 Å². The van der Waals surface area contributed by atoms with E-state index in [-0.39, 0.29) is 17.2 Å². The molecule has 1 heterocycles. The van der Waals surface area contributed by atoms with Crippen LogP contribution >= 0.6 is 12.2 Å². The predicted octanol–water partition coefficient (Wildman–Crippen LogP) is 2.93. The highest BCUT2D eigenvalue weighted by molar-refractivity contribution is 7.80. The van der Waals surface area contributed by atoms with Crippen LogP contribution in [0.5, 0.6) is 0 Å². The summed E-state index contributed by atoms with van der Waals surface area (Å²) in [6.45, 7) is 3.93. The zero-order valence-corrected chi connectivity index (χ0v) is 13.9. The number of nitrogens with zero attached hydrogens (tertiary/aromatic N) is 1. The third-order valence-corrected chi connectivity index (χ3v) is 5.21. The summed E-state index contributed by atoms with van der Waals surface area (Å²) in [4.78, 5) is 27.0. The Morgan fingerprint density at radius 2 is 1.43 bits per heavy atom. The molecule has 2 aliphatic rings. The number of hydrogen-bond donors (Lipinski definition) is 1. The number of imide groups is 1. The first kappa shape index (κ1) is 16.4. The van der Waals surface area contributed by atoms with Gasteiger partial charge >= 0.3 is 0 Å². The second kappa shape index (κ2) is 6.03. The maximum atomic E-state index is 12.6. The first-order valence-electron chi connectivity index (χ1n) is 7.94. The van der Waals surface area contributed by atoms with Crippen LogP contribution in [0.3, 0.4) is 0 Å². The number of rotatable bonds is 2. The summed E-state index contributed by atoms with van der Waals surface area (Å²) in [6.07, 6.45) is 7.61. The lowest BCUT2D eigenvalue weighted by atomic mass is 9.76. The number of carbonyl (C=O) groups excluding carboxylic acids is 2. The molecular weight excluding hydrogens is 284 g/mol. The first-order chi connectivity index (χ1) is 9.78. The van der Waals surface area contributed by atoms with Gasteiger partial charge in [-0.05, 0) is 18.3 Å². The van der Waals surface area contributed by atoms with E-state index in [0.29, 0.717) is 17.8 Å².